The Morgan fingerprint density at radius 3 is 2.61 bits per heavy atom. The highest BCUT2D eigenvalue weighted by Gasteiger charge is 2.24. The smallest absolute Gasteiger partial charge is 0.286 e. The number of nitro groups is 1. The number of nitro benzene ring substituents is 1. The molecule has 0 saturated heterocycles. The van der Waals surface area contributed by atoms with Gasteiger partial charge in [-0.3, -0.25) is 14.9 Å². The number of nitrogens with one attached hydrogen (secondary N) is 1. The van der Waals surface area contributed by atoms with Gasteiger partial charge in [0.25, 0.3) is 11.6 Å². The van der Waals surface area contributed by atoms with Crippen molar-refractivity contribution in [1.82, 2.24) is 14.8 Å². The minimum absolute atomic E-state index is 0.135. The Hall–Kier alpha value is -3.95. The van der Waals surface area contributed by atoms with Gasteiger partial charge in [0.2, 0.25) is 0 Å². The fourth-order valence-corrected chi connectivity index (χ4v) is 2.65. The molecule has 1 amide bonds. The van der Waals surface area contributed by atoms with Crippen LogP contribution in [0.5, 0.6) is 11.5 Å². The summed E-state index contributed by atoms with van der Waals surface area (Å²) < 4.78 is 11.9. The van der Waals surface area contributed by atoms with Crippen molar-refractivity contribution in [2.24, 2.45) is 0 Å². The van der Waals surface area contributed by atoms with Crippen molar-refractivity contribution >= 4 is 17.3 Å². The van der Waals surface area contributed by atoms with Gasteiger partial charge in [0.05, 0.1) is 31.8 Å². The third kappa shape index (κ3) is 4.06. The summed E-state index contributed by atoms with van der Waals surface area (Å²) in [6.07, 6.45) is 3.01. The molecule has 3 rings (SSSR count). The minimum Gasteiger partial charge on any atom is -0.493 e. The van der Waals surface area contributed by atoms with E-state index in [0.29, 0.717) is 12.2 Å². The molecule has 28 heavy (non-hydrogen) atoms. The highest BCUT2D eigenvalue weighted by atomic mass is 16.6. The third-order valence-corrected chi connectivity index (χ3v) is 3.94. The largest absolute Gasteiger partial charge is 0.493 e. The zero-order chi connectivity index (χ0) is 20.1. The van der Waals surface area contributed by atoms with E-state index < -0.39 is 10.8 Å². The lowest BCUT2D eigenvalue weighted by molar-refractivity contribution is -0.385. The van der Waals surface area contributed by atoms with Crippen LogP contribution in [0.25, 0.3) is 0 Å². The zero-order valence-corrected chi connectivity index (χ0v) is 15.2. The second-order valence-corrected chi connectivity index (χ2v) is 5.73. The van der Waals surface area contributed by atoms with Gasteiger partial charge in [0.15, 0.2) is 11.5 Å². The molecule has 2 aromatic carbocycles. The maximum atomic E-state index is 12.7. The summed E-state index contributed by atoms with van der Waals surface area (Å²) in [6, 6.07) is 9.53. The maximum Gasteiger partial charge on any atom is 0.286 e. The lowest BCUT2D eigenvalue weighted by Gasteiger charge is -2.11. The molecule has 10 nitrogen and oxygen atoms in total. The molecule has 0 aliphatic carbocycles. The van der Waals surface area contributed by atoms with E-state index in [-0.39, 0.29) is 22.7 Å². The molecule has 3 aromatic rings. The average molecular weight is 383 g/mol. The van der Waals surface area contributed by atoms with Crippen LogP contribution < -0.4 is 14.8 Å². The third-order valence-electron chi connectivity index (χ3n) is 3.94. The Kier molecular flexibility index (Phi) is 5.49. The SMILES string of the molecule is COc1cc(C(=O)Nc2cccc(Cn3cncn3)c2)c([N+](=O)[O-])cc1OC. The summed E-state index contributed by atoms with van der Waals surface area (Å²) in [6.45, 7) is 0.472. The Morgan fingerprint density at radius 1 is 1.21 bits per heavy atom. The standard InChI is InChI=1S/C18H17N5O5/c1-27-16-7-14(15(23(25)26)8-17(16)28-2)18(24)21-13-5-3-4-12(6-13)9-22-11-19-10-20-22/h3-8,10-11H,9H2,1-2H3,(H,21,24). The van der Waals surface area contributed by atoms with Gasteiger partial charge in [-0.05, 0) is 17.7 Å². The van der Waals surface area contributed by atoms with Gasteiger partial charge in [-0.15, -0.1) is 0 Å². The molecule has 144 valence electrons. The van der Waals surface area contributed by atoms with Gasteiger partial charge in [-0.1, -0.05) is 12.1 Å². The number of ether oxygens (including phenoxy) is 2. The minimum atomic E-state index is -0.641. The first kappa shape index (κ1) is 18.8. The van der Waals surface area contributed by atoms with Crippen molar-refractivity contribution in [1.29, 1.82) is 0 Å². The monoisotopic (exact) mass is 383 g/mol. The van der Waals surface area contributed by atoms with Gasteiger partial charge in [-0.25, -0.2) is 9.67 Å². The van der Waals surface area contributed by atoms with Gasteiger partial charge in [0.1, 0.15) is 18.2 Å². The molecule has 0 aliphatic heterocycles. The van der Waals surface area contributed by atoms with Crippen LogP contribution in [0, 0.1) is 10.1 Å². The van der Waals surface area contributed by atoms with Crippen LogP contribution in [-0.2, 0) is 6.54 Å². The van der Waals surface area contributed by atoms with Crippen molar-refractivity contribution in [3.63, 3.8) is 0 Å². The number of benzene rings is 2. The Balaban J connectivity index is 1.87. The van der Waals surface area contributed by atoms with Crippen LogP contribution in [0.15, 0.2) is 49.1 Å². The van der Waals surface area contributed by atoms with Crippen LogP contribution in [0.2, 0.25) is 0 Å². The number of nitrogens with zero attached hydrogens (tertiary/aromatic N) is 4. The molecule has 1 heterocycles. The fourth-order valence-electron chi connectivity index (χ4n) is 2.65. The summed E-state index contributed by atoms with van der Waals surface area (Å²) in [5, 5.41) is 18.1. The first-order valence-corrected chi connectivity index (χ1v) is 8.15. The van der Waals surface area contributed by atoms with Crippen LogP contribution in [-0.4, -0.2) is 39.8 Å². The average Bonchev–Trinajstić information content (AvgIpc) is 3.20. The maximum absolute atomic E-state index is 12.7. The van der Waals surface area contributed by atoms with Crippen molar-refractivity contribution in [3.8, 4) is 11.5 Å². The van der Waals surface area contributed by atoms with E-state index in [1.54, 1.807) is 29.2 Å². The second kappa shape index (κ2) is 8.16. The van der Waals surface area contributed by atoms with Gasteiger partial charge in [0, 0.05) is 11.8 Å². The van der Waals surface area contributed by atoms with Gasteiger partial charge < -0.3 is 14.8 Å². The van der Waals surface area contributed by atoms with Crippen molar-refractivity contribution in [2.75, 3.05) is 19.5 Å². The molecule has 1 N–H and O–H groups in total. The van der Waals surface area contributed by atoms with Crippen LogP contribution in [0.4, 0.5) is 11.4 Å². The van der Waals surface area contributed by atoms with Crippen molar-refractivity contribution in [3.05, 3.63) is 70.3 Å². The van der Waals surface area contributed by atoms with E-state index in [2.05, 4.69) is 15.4 Å². The number of carbonyl (C=O) groups is 1. The number of hydrogen-bond donors (Lipinski definition) is 1. The van der Waals surface area contributed by atoms with Crippen molar-refractivity contribution in [2.45, 2.75) is 6.54 Å². The number of carbonyl (C=O) groups excluding carboxylic acids is 1. The fraction of sp³-hybridized carbons (Fsp3) is 0.167. The molecule has 1 aromatic heterocycles. The van der Waals surface area contributed by atoms with Crippen LogP contribution >= 0.6 is 0 Å². The van der Waals surface area contributed by atoms with Crippen LogP contribution in [0.1, 0.15) is 15.9 Å². The summed E-state index contributed by atoms with van der Waals surface area (Å²) in [5.74, 6) is -0.246. The first-order valence-electron chi connectivity index (χ1n) is 8.15. The molecule has 0 unspecified atom stereocenters. The highest BCUT2D eigenvalue weighted by molar-refractivity contribution is 6.07. The molecule has 0 spiro atoms. The molecule has 0 fully saturated rings. The van der Waals surface area contributed by atoms with E-state index in [4.69, 9.17) is 9.47 Å². The van der Waals surface area contributed by atoms with E-state index in [1.807, 2.05) is 6.07 Å². The predicted octanol–water partition coefficient (Wildman–Crippen LogP) is 2.50. The summed E-state index contributed by atoms with van der Waals surface area (Å²) in [7, 11) is 2.75. The van der Waals surface area contributed by atoms with Crippen molar-refractivity contribution < 1.29 is 19.2 Å². The lowest BCUT2D eigenvalue weighted by Crippen LogP contribution is -2.15. The van der Waals surface area contributed by atoms with E-state index >= 15 is 0 Å². The molecule has 10 heteroatoms. The number of amides is 1. The molecular weight excluding hydrogens is 366 g/mol. The molecule has 0 bridgehead atoms. The van der Waals surface area contributed by atoms with E-state index in [9.17, 15) is 14.9 Å². The number of methoxy groups -OCH3 is 2. The first-order chi connectivity index (χ1) is 13.5. The van der Waals surface area contributed by atoms with Gasteiger partial charge in [-0.2, -0.15) is 5.10 Å². The quantitative estimate of drug-likeness (QED) is 0.491. The predicted molar refractivity (Wildman–Crippen MR) is 99.7 cm³/mol. The lowest BCUT2D eigenvalue weighted by atomic mass is 10.1. The van der Waals surface area contributed by atoms with Gasteiger partial charge >= 0.3 is 0 Å². The molecule has 0 aliphatic rings. The summed E-state index contributed by atoms with van der Waals surface area (Å²) in [4.78, 5) is 27.3. The molecule has 0 saturated carbocycles. The van der Waals surface area contributed by atoms with E-state index in [1.165, 1.54) is 26.6 Å². The number of rotatable bonds is 7. The normalized spacial score (nSPS) is 10.4. The molecule has 0 radical (unpaired) electrons. The molecular formula is C18H17N5O5. The Labute approximate surface area is 159 Å². The number of hydrogen-bond acceptors (Lipinski definition) is 7. The highest BCUT2D eigenvalue weighted by Crippen LogP contribution is 2.34. The number of anilines is 1. The molecule has 0 atom stereocenters. The summed E-state index contributed by atoms with van der Waals surface area (Å²) >= 11 is 0. The summed E-state index contributed by atoms with van der Waals surface area (Å²) in [5.41, 5.74) is 0.857. The number of aromatic nitrogens is 3. The van der Waals surface area contributed by atoms with E-state index in [0.717, 1.165) is 11.6 Å². The van der Waals surface area contributed by atoms with Crippen LogP contribution in [0.3, 0.4) is 0 Å². The second-order valence-electron chi connectivity index (χ2n) is 5.73. The Bertz CT molecular complexity index is 1000. The zero-order valence-electron chi connectivity index (χ0n) is 15.2. The Morgan fingerprint density at radius 2 is 1.96 bits per heavy atom. The topological polar surface area (TPSA) is 121 Å².